The number of benzene rings is 1. The minimum Gasteiger partial charge on any atom is -0.218 e. The molecule has 1 aromatic carbocycles. The van der Waals surface area contributed by atoms with Crippen molar-refractivity contribution in [1.82, 2.24) is 14.6 Å². The fourth-order valence-electron chi connectivity index (χ4n) is 1.64. The quantitative estimate of drug-likeness (QED) is 0.683. The first-order valence-electron chi connectivity index (χ1n) is 5.50. The molecule has 3 rings (SSSR count). The molecule has 3 aromatic rings. The summed E-state index contributed by atoms with van der Waals surface area (Å²) in [5, 5.41) is 5.74. The number of halogens is 1. The Bertz CT molecular complexity index is 666. The first-order chi connectivity index (χ1) is 8.83. The van der Waals surface area contributed by atoms with Crippen molar-refractivity contribution in [1.29, 1.82) is 0 Å². The number of pyridine rings is 1. The van der Waals surface area contributed by atoms with Gasteiger partial charge in [-0.15, -0.1) is 5.10 Å². The van der Waals surface area contributed by atoms with E-state index < -0.39 is 0 Å². The molecular formula is C13H10ClN3S. The lowest BCUT2D eigenvalue weighted by atomic mass is 10.2. The zero-order valence-corrected chi connectivity index (χ0v) is 11.0. The fraction of sp³-hybridized carbons (Fsp3) is 0.0769. The molecule has 2 heterocycles. The molecule has 0 atom stereocenters. The van der Waals surface area contributed by atoms with Gasteiger partial charge in [0.25, 0.3) is 0 Å². The molecule has 2 aromatic heterocycles. The van der Waals surface area contributed by atoms with Crippen LogP contribution in [0.15, 0.2) is 53.8 Å². The molecule has 0 fully saturated rings. The lowest BCUT2D eigenvalue weighted by molar-refractivity contribution is 0.887. The smallest absolute Gasteiger partial charge is 0.209 e. The van der Waals surface area contributed by atoms with Crippen LogP contribution in [-0.2, 0) is 5.75 Å². The van der Waals surface area contributed by atoms with E-state index in [1.807, 2.05) is 36.5 Å². The summed E-state index contributed by atoms with van der Waals surface area (Å²) < 4.78 is 1.70. The Hall–Kier alpha value is -1.52. The Morgan fingerprint density at radius 1 is 1.11 bits per heavy atom. The molecule has 18 heavy (non-hydrogen) atoms. The van der Waals surface area contributed by atoms with Crippen LogP contribution in [-0.4, -0.2) is 14.6 Å². The van der Waals surface area contributed by atoms with Crippen molar-refractivity contribution in [2.75, 3.05) is 0 Å². The Kier molecular flexibility index (Phi) is 3.21. The largest absolute Gasteiger partial charge is 0.218 e. The van der Waals surface area contributed by atoms with E-state index in [0.717, 1.165) is 10.9 Å². The van der Waals surface area contributed by atoms with Crippen molar-refractivity contribution in [3.05, 3.63) is 59.2 Å². The van der Waals surface area contributed by atoms with E-state index in [1.54, 1.807) is 16.3 Å². The number of hydrogen-bond acceptors (Lipinski definition) is 3. The fourth-order valence-corrected chi connectivity index (χ4v) is 2.62. The van der Waals surface area contributed by atoms with Gasteiger partial charge in [-0.05, 0) is 17.7 Å². The van der Waals surface area contributed by atoms with Crippen molar-refractivity contribution in [2.24, 2.45) is 0 Å². The monoisotopic (exact) mass is 275 g/mol. The zero-order valence-electron chi connectivity index (χ0n) is 9.45. The average molecular weight is 276 g/mol. The van der Waals surface area contributed by atoms with Gasteiger partial charge in [0.1, 0.15) is 0 Å². The average Bonchev–Trinajstić information content (AvgIpc) is 2.82. The summed E-state index contributed by atoms with van der Waals surface area (Å²) in [4.78, 5) is 4.41. The Balaban J connectivity index is 1.81. The van der Waals surface area contributed by atoms with E-state index in [0.29, 0.717) is 10.7 Å². The maximum atomic E-state index is 6.05. The second-order valence-corrected chi connectivity index (χ2v) is 5.14. The summed E-state index contributed by atoms with van der Waals surface area (Å²) >= 11 is 7.66. The minimum atomic E-state index is 0.622. The minimum absolute atomic E-state index is 0.622. The third kappa shape index (κ3) is 2.35. The van der Waals surface area contributed by atoms with Gasteiger partial charge >= 0.3 is 0 Å². The summed E-state index contributed by atoms with van der Waals surface area (Å²) in [5.74, 6) is 0.856. The van der Waals surface area contributed by atoms with E-state index in [1.165, 1.54) is 5.56 Å². The van der Waals surface area contributed by atoms with Crippen LogP contribution in [0.5, 0.6) is 0 Å². The third-order valence-electron chi connectivity index (χ3n) is 2.51. The second-order valence-electron chi connectivity index (χ2n) is 3.79. The highest BCUT2D eigenvalue weighted by Crippen LogP contribution is 2.22. The first kappa shape index (κ1) is 11.6. The molecule has 5 heteroatoms. The highest BCUT2D eigenvalue weighted by molar-refractivity contribution is 7.98. The SMILES string of the molecule is Clc1cccn2nc(SCc3ccccc3)nc12. The van der Waals surface area contributed by atoms with Gasteiger partial charge in [0.05, 0.1) is 5.02 Å². The Morgan fingerprint density at radius 3 is 2.72 bits per heavy atom. The molecule has 0 unspecified atom stereocenters. The summed E-state index contributed by atoms with van der Waals surface area (Å²) in [6.45, 7) is 0. The van der Waals surface area contributed by atoms with Gasteiger partial charge in [-0.25, -0.2) is 9.50 Å². The van der Waals surface area contributed by atoms with Crippen molar-refractivity contribution in [3.8, 4) is 0 Å². The van der Waals surface area contributed by atoms with Crippen molar-refractivity contribution in [2.45, 2.75) is 10.9 Å². The van der Waals surface area contributed by atoms with E-state index in [2.05, 4.69) is 22.2 Å². The van der Waals surface area contributed by atoms with Gasteiger partial charge in [0.15, 0.2) is 5.65 Å². The molecule has 0 aliphatic carbocycles. The zero-order chi connectivity index (χ0) is 12.4. The second kappa shape index (κ2) is 5.00. The van der Waals surface area contributed by atoms with Gasteiger partial charge in [-0.3, -0.25) is 0 Å². The molecule has 0 aliphatic rings. The number of thioether (sulfide) groups is 1. The molecule has 0 radical (unpaired) electrons. The number of nitrogens with zero attached hydrogens (tertiary/aromatic N) is 3. The first-order valence-corrected chi connectivity index (χ1v) is 6.87. The van der Waals surface area contributed by atoms with E-state index in [-0.39, 0.29) is 0 Å². The molecule has 0 amide bonds. The van der Waals surface area contributed by atoms with E-state index in [4.69, 9.17) is 11.6 Å². The molecule has 0 spiro atoms. The number of aromatic nitrogens is 3. The standard InChI is InChI=1S/C13H10ClN3S/c14-11-7-4-8-17-12(11)15-13(16-17)18-9-10-5-2-1-3-6-10/h1-8H,9H2. The van der Waals surface area contributed by atoms with Gasteiger partial charge < -0.3 is 0 Å². The lowest BCUT2D eigenvalue weighted by Gasteiger charge is -1.96. The Labute approximate surface area is 114 Å². The molecule has 3 nitrogen and oxygen atoms in total. The highest BCUT2D eigenvalue weighted by atomic mass is 35.5. The number of fused-ring (bicyclic) bond motifs is 1. The lowest BCUT2D eigenvalue weighted by Crippen LogP contribution is -1.85. The van der Waals surface area contributed by atoms with Gasteiger partial charge in [0.2, 0.25) is 5.16 Å². The molecule has 0 saturated carbocycles. The van der Waals surface area contributed by atoms with Gasteiger partial charge in [-0.2, -0.15) is 0 Å². The predicted molar refractivity (Wildman–Crippen MR) is 74.0 cm³/mol. The van der Waals surface area contributed by atoms with Crippen molar-refractivity contribution in [3.63, 3.8) is 0 Å². The summed E-state index contributed by atoms with van der Waals surface area (Å²) in [7, 11) is 0. The molecule has 0 aliphatic heterocycles. The molecule has 0 bridgehead atoms. The van der Waals surface area contributed by atoms with Crippen LogP contribution in [0.2, 0.25) is 5.02 Å². The van der Waals surface area contributed by atoms with Crippen LogP contribution < -0.4 is 0 Å². The maximum Gasteiger partial charge on any atom is 0.209 e. The van der Waals surface area contributed by atoms with Crippen LogP contribution in [0.25, 0.3) is 5.65 Å². The number of hydrogen-bond donors (Lipinski definition) is 0. The van der Waals surface area contributed by atoms with Crippen LogP contribution in [0.1, 0.15) is 5.56 Å². The van der Waals surface area contributed by atoms with Crippen LogP contribution in [0, 0.1) is 0 Å². The van der Waals surface area contributed by atoms with Crippen LogP contribution in [0.3, 0.4) is 0 Å². The van der Waals surface area contributed by atoms with Crippen LogP contribution >= 0.6 is 23.4 Å². The summed E-state index contributed by atoms with van der Waals surface area (Å²) in [6, 6.07) is 13.9. The normalized spacial score (nSPS) is 10.9. The highest BCUT2D eigenvalue weighted by Gasteiger charge is 2.06. The summed E-state index contributed by atoms with van der Waals surface area (Å²) in [6.07, 6.45) is 1.85. The predicted octanol–water partition coefficient (Wildman–Crippen LogP) is 3.68. The van der Waals surface area contributed by atoms with Gasteiger partial charge in [0, 0.05) is 11.9 Å². The van der Waals surface area contributed by atoms with Gasteiger partial charge in [-0.1, -0.05) is 53.7 Å². The number of rotatable bonds is 3. The Morgan fingerprint density at radius 2 is 1.94 bits per heavy atom. The molecular weight excluding hydrogens is 266 g/mol. The topological polar surface area (TPSA) is 30.2 Å². The summed E-state index contributed by atoms with van der Waals surface area (Å²) in [5.41, 5.74) is 1.96. The molecule has 90 valence electrons. The maximum absolute atomic E-state index is 6.05. The molecule has 0 saturated heterocycles. The molecule has 0 N–H and O–H groups in total. The van der Waals surface area contributed by atoms with Crippen LogP contribution in [0.4, 0.5) is 0 Å². The van der Waals surface area contributed by atoms with E-state index >= 15 is 0 Å². The third-order valence-corrected chi connectivity index (χ3v) is 3.71. The van der Waals surface area contributed by atoms with Crippen molar-refractivity contribution >= 4 is 29.0 Å². The van der Waals surface area contributed by atoms with Crippen molar-refractivity contribution < 1.29 is 0 Å². The van der Waals surface area contributed by atoms with E-state index in [9.17, 15) is 0 Å².